The minimum atomic E-state index is -0.768. The Balaban J connectivity index is 1.79. The fourth-order valence-electron chi connectivity index (χ4n) is 2.25. The number of carbonyl (C=O) groups is 1. The Morgan fingerprint density at radius 2 is 2.04 bits per heavy atom. The summed E-state index contributed by atoms with van der Waals surface area (Å²) in [7, 11) is 0. The molecule has 0 bridgehead atoms. The molecular weight excluding hydrogens is 360 g/mol. The number of phenols is 1. The average Bonchev–Trinajstić information content (AvgIpc) is 2.63. The molecule has 0 saturated heterocycles. The zero-order valence-electron chi connectivity index (χ0n) is 13.1. The summed E-state index contributed by atoms with van der Waals surface area (Å²) in [6.45, 7) is 0. The van der Waals surface area contributed by atoms with Crippen LogP contribution in [0.4, 0.5) is 5.69 Å². The van der Waals surface area contributed by atoms with Crippen molar-refractivity contribution in [3.05, 3.63) is 74.9 Å². The molecule has 9 heteroatoms. The number of para-hydroxylation sites is 1. The summed E-state index contributed by atoms with van der Waals surface area (Å²) in [5.41, 5.74) is 2.51. The summed E-state index contributed by atoms with van der Waals surface area (Å²) in [5, 5.41) is 25.4. The van der Waals surface area contributed by atoms with Crippen molar-refractivity contribution < 1.29 is 14.8 Å². The number of nitro benzene ring substituents is 1. The lowest BCUT2D eigenvalue weighted by Crippen LogP contribution is -2.19. The molecule has 0 aliphatic heterocycles. The predicted molar refractivity (Wildman–Crippen MR) is 96.6 cm³/mol. The number of amides is 1. The van der Waals surface area contributed by atoms with Crippen LogP contribution < -0.4 is 5.43 Å². The van der Waals surface area contributed by atoms with Gasteiger partial charge in [-0.3, -0.25) is 14.9 Å². The molecule has 1 amide bonds. The molecule has 0 spiro atoms. The molecule has 3 rings (SSSR count). The summed E-state index contributed by atoms with van der Waals surface area (Å²) in [5.74, 6) is -1.16. The molecule has 0 saturated carbocycles. The monoisotopic (exact) mass is 370 g/mol. The third-order valence-corrected chi connectivity index (χ3v) is 3.70. The van der Waals surface area contributed by atoms with E-state index < -0.39 is 22.3 Å². The van der Waals surface area contributed by atoms with E-state index in [9.17, 15) is 20.0 Å². The summed E-state index contributed by atoms with van der Waals surface area (Å²) < 4.78 is 0. The van der Waals surface area contributed by atoms with Crippen molar-refractivity contribution in [2.45, 2.75) is 0 Å². The number of hydrogen-bond donors (Lipinski definition) is 2. The van der Waals surface area contributed by atoms with Gasteiger partial charge >= 0.3 is 5.69 Å². The van der Waals surface area contributed by atoms with E-state index >= 15 is 0 Å². The zero-order valence-corrected chi connectivity index (χ0v) is 13.8. The topological polar surface area (TPSA) is 118 Å². The molecule has 1 aromatic heterocycles. The fraction of sp³-hybridized carbons (Fsp3) is 0. The van der Waals surface area contributed by atoms with Gasteiger partial charge in [-0.1, -0.05) is 35.9 Å². The van der Waals surface area contributed by atoms with Crippen LogP contribution in [0.5, 0.6) is 5.75 Å². The first-order valence-corrected chi connectivity index (χ1v) is 7.69. The maximum Gasteiger partial charge on any atom is 0.312 e. The van der Waals surface area contributed by atoms with Crippen LogP contribution in [-0.2, 0) is 0 Å². The van der Waals surface area contributed by atoms with Crippen molar-refractivity contribution in [2.24, 2.45) is 5.10 Å². The lowest BCUT2D eigenvalue weighted by atomic mass is 10.2. The molecule has 0 atom stereocenters. The van der Waals surface area contributed by atoms with Gasteiger partial charge in [0, 0.05) is 22.0 Å². The number of nitrogens with one attached hydrogen (secondary N) is 1. The number of benzene rings is 2. The van der Waals surface area contributed by atoms with E-state index in [2.05, 4.69) is 15.5 Å². The molecule has 0 radical (unpaired) electrons. The molecule has 3 aromatic rings. The number of nitrogens with zero attached hydrogens (tertiary/aromatic N) is 3. The molecule has 0 aliphatic rings. The Bertz CT molecular complexity index is 1050. The third kappa shape index (κ3) is 3.60. The smallest absolute Gasteiger partial charge is 0.312 e. The second kappa shape index (κ2) is 7.16. The molecule has 2 N–H and O–H groups in total. The van der Waals surface area contributed by atoms with E-state index in [0.717, 1.165) is 17.7 Å². The van der Waals surface area contributed by atoms with E-state index in [1.807, 2.05) is 18.2 Å². The van der Waals surface area contributed by atoms with Crippen LogP contribution in [0, 0.1) is 10.1 Å². The highest BCUT2D eigenvalue weighted by Gasteiger charge is 2.17. The number of hydrazone groups is 1. The zero-order chi connectivity index (χ0) is 18.7. The number of nitro groups is 1. The molecule has 130 valence electrons. The van der Waals surface area contributed by atoms with E-state index in [1.54, 1.807) is 18.2 Å². The van der Waals surface area contributed by atoms with Crippen LogP contribution in [0.15, 0.2) is 53.6 Å². The van der Waals surface area contributed by atoms with E-state index in [1.165, 1.54) is 6.07 Å². The molecule has 0 fully saturated rings. The third-order valence-electron chi connectivity index (χ3n) is 3.48. The second-order valence-electron chi connectivity index (χ2n) is 5.21. The van der Waals surface area contributed by atoms with Gasteiger partial charge in [0.25, 0.3) is 5.91 Å². The van der Waals surface area contributed by atoms with E-state index in [-0.39, 0.29) is 16.3 Å². The van der Waals surface area contributed by atoms with Crippen LogP contribution in [0.1, 0.15) is 16.1 Å². The highest BCUT2D eigenvalue weighted by molar-refractivity contribution is 6.31. The number of phenolic OH excluding ortho intramolecular Hbond substituents is 1. The van der Waals surface area contributed by atoms with Gasteiger partial charge in [0.2, 0.25) is 5.75 Å². The minimum Gasteiger partial charge on any atom is -0.502 e. The number of rotatable bonds is 4. The van der Waals surface area contributed by atoms with Crippen molar-refractivity contribution in [1.29, 1.82) is 0 Å². The highest BCUT2D eigenvalue weighted by atomic mass is 35.5. The van der Waals surface area contributed by atoms with Gasteiger partial charge in [-0.2, -0.15) is 5.10 Å². The minimum absolute atomic E-state index is 0.00373. The Hall–Kier alpha value is -3.52. The lowest BCUT2D eigenvalue weighted by Gasteiger charge is -2.03. The average molecular weight is 371 g/mol. The second-order valence-corrected chi connectivity index (χ2v) is 5.64. The number of fused-ring (bicyclic) bond motifs is 1. The van der Waals surface area contributed by atoms with Crippen molar-refractivity contribution >= 4 is 40.3 Å². The lowest BCUT2D eigenvalue weighted by molar-refractivity contribution is -0.385. The van der Waals surface area contributed by atoms with Crippen molar-refractivity contribution in [2.75, 3.05) is 0 Å². The van der Waals surface area contributed by atoms with Crippen LogP contribution in [0.25, 0.3) is 10.9 Å². The van der Waals surface area contributed by atoms with Gasteiger partial charge in [0.1, 0.15) is 5.69 Å². The summed E-state index contributed by atoms with van der Waals surface area (Å²) in [6.07, 6.45) is 1.06. The Morgan fingerprint density at radius 1 is 1.27 bits per heavy atom. The van der Waals surface area contributed by atoms with Crippen molar-refractivity contribution in [3.63, 3.8) is 0 Å². The standard InChI is InChI=1S/C17H11ClN4O4/c18-12-7-11(16(23)15(8-12)22(25)26)9-19-21-17(24)14-6-5-10-3-1-2-4-13(10)20-14/h1-9,23H,(H,21,24)/b19-9+. The van der Waals surface area contributed by atoms with Gasteiger partial charge in [0.15, 0.2) is 0 Å². The molecule has 26 heavy (non-hydrogen) atoms. The highest BCUT2D eigenvalue weighted by Crippen LogP contribution is 2.32. The number of aromatic hydroxyl groups is 1. The van der Waals surface area contributed by atoms with Gasteiger partial charge in [-0.05, 0) is 18.2 Å². The number of pyridine rings is 1. The van der Waals surface area contributed by atoms with Gasteiger partial charge < -0.3 is 5.11 Å². The molecule has 1 heterocycles. The van der Waals surface area contributed by atoms with Crippen LogP contribution >= 0.6 is 11.6 Å². The van der Waals surface area contributed by atoms with E-state index in [0.29, 0.717) is 5.52 Å². The van der Waals surface area contributed by atoms with Crippen LogP contribution in [0.2, 0.25) is 5.02 Å². The normalized spacial score (nSPS) is 11.0. The number of carbonyl (C=O) groups excluding carboxylic acids is 1. The van der Waals surface area contributed by atoms with Crippen molar-refractivity contribution in [1.82, 2.24) is 10.4 Å². The molecule has 0 aliphatic carbocycles. The van der Waals surface area contributed by atoms with Gasteiger partial charge in [-0.25, -0.2) is 10.4 Å². The van der Waals surface area contributed by atoms with E-state index in [4.69, 9.17) is 11.6 Å². The Morgan fingerprint density at radius 3 is 2.81 bits per heavy atom. The molecule has 0 unspecified atom stereocenters. The summed E-state index contributed by atoms with van der Waals surface area (Å²) >= 11 is 5.78. The van der Waals surface area contributed by atoms with Gasteiger partial charge in [0.05, 0.1) is 16.7 Å². The molecular formula is C17H11ClN4O4. The Labute approximate surface area is 151 Å². The van der Waals surface area contributed by atoms with Crippen molar-refractivity contribution in [3.8, 4) is 5.75 Å². The molecule has 2 aromatic carbocycles. The predicted octanol–water partition coefficient (Wildman–Crippen LogP) is 3.27. The maximum absolute atomic E-state index is 12.1. The largest absolute Gasteiger partial charge is 0.502 e. The SMILES string of the molecule is O=C(N/N=C/c1cc(Cl)cc([N+](=O)[O-])c1O)c1ccc2ccccc2n1. The summed E-state index contributed by atoms with van der Waals surface area (Å²) in [4.78, 5) is 26.4. The van der Waals surface area contributed by atoms with Crippen LogP contribution in [0.3, 0.4) is 0 Å². The summed E-state index contributed by atoms with van der Waals surface area (Å²) in [6, 6.07) is 12.9. The Kier molecular flexibility index (Phi) is 4.76. The molecule has 8 nitrogen and oxygen atoms in total. The van der Waals surface area contributed by atoms with Crippen LogP contribution in [-0.4, -0.2) is 27.1 Å². The fourth-order valence-corrected chi connectivity index (χ4v) is 2.47. The first-order valence-electron chi connectivity index (χ1n) is 7.32. The maximum atomic E-state index is 12.1. The number of hydrogen-bond acceptors (Lipinski definition) is 6. The van der Waals surface area contributed by atoms with Gasteiger partial charge in [-0.15, -0.1) is 0 Å². The number of aromatic nitrogens is 1. The first-order chi connectivity index (χ1) is 12.5. The first kappa shape index (κ1) is 17.3. The number of halogens is 1. The quantitative estimate of drug-likeness (QED) is 0.415.